The van der Waals surface area contributed by atoms with Crippen LogP contribution >= 0.6 is 0 Å². The lowest BCUT2D eigenvalue weighted by molar-refractivity contribution is -0.117. The molecule has 2 amide bonds. The van der Waals surface area contributed by atoms with Crippen molar-refractivity contribution < 1.29 is 19.1 Å². The second-order valence-electron chi connectivity index (χ2n) is 7.25. The Balaban J connectivity index is 1.35. The lowest BCUT2D eigenvalue weighted by Gasteiger charge is -2.23. The molecule has 0 aliphatic carbocycles. The lowest BCUT2D eigenvalue weighted by atomic mass is 10.2. The van der Waals surface area contributed by atoms with Crippen LogP contribution in [0.4, 0.5) is 17.1 Å². The number of hydrogen-bond donors (Lipinski definition) is 1. The number of benzene rings is 2. The third-order valence-corrected chi connectivity index (χ3v) is 5.23. The van der Waals surface area contributed by atoms with E-state index < -0.39 is 0 Å². The molecule has 0 saturated carbocycles. The molecule has 0 bridgehead atoms. The van der Waals surface area contributed by atoms with Gasteiger partial charge in [0.2, 0.25) is 18.6 Å². The Morgan fingerprint density at radius 2 is 1.76 bits per heavy atom. The number of rotatable bonds is 6. The molecule has 0 atom stereocenters. The van der Waals surface area contributed by atoms with Gasteiger partial charge in [0.05, 0.1) is 0 Å². The number of nitrogens with one attached hydrogen (secondary N) is 1. The minimum Gasteiger partial charge on any atom is -0.454 e. The zero-order chi connectivity index (χ0) is 20.2. The Morgan fingerprint density at radius 1 is 1.03 bits per heavy atom. The van der Waals surface area contributed by atoms with Gasteiger partial charge in [-0.05, 0) is 49.2 Å². The zero-order valence-electron chi connectivity index (χ0n) is 16.5. The summed E-state index contributed by atoms with van der Waals surface area (Å²) in [7, 11) is 0. The summed E-state index contributed by atoms with van der Waals surface area (Å²) in [4.78, 5) is 28.5. The zero-order valence-corrected chi connectivity index (χ0v) is 16.5. The van der Waals surface area contributed by atoms with Gasteiger partial charge in [-0.3, -0.25) is 9.59 Å². The fourth-order valence-electron chi connectivity index (χ4n) is 3.70. The van der Waals surface area contributed by atoms with Crippen LogP contribution in [-0.2, 0) is 9.59 Å². The molecule has 0 unspecified atom stereocenters. The maximum atomic E-state index is 12.4. The van der Waals surface area contributed by atoms with E-state index in [0.29, 0.717) is 23.7 Å². The molecule has 1 saturated heterocycles. The second-order valence-corrected chi connectivity index (χ2v) is 7.25. The molecule has 0 radical (unpaired) electrons. The highest BCUT2D eigenvalue weighted by Crippen LogP contribution is 2.34. The molecule has 0 spiro atoms. The Labute approximate surface area is 170 Å². The standard InChI is InChI=1S/C22H25N3O4/c1-16(26)25(19-7-5-18(6-8-19)24-11-2-3-12-24)13-10-22(27)23-17-4-9-20-21(14-17)29-15-28-20/h4-9,14H,2-3,10-13,15H2,1H3,(H,23,27). The van der Waals surface area contributed by atoms with Crippen LogP contribution in [-0.4, -0.2) is 38.2 Å². The number of anilines is 3. The van der Waals surface area contributed by atoms with Crippen molar-refractivity contribution in [1.82, 2.24) is 0 Å². The number of fused-ring (bicyclic) bond motifs is 1. The number of amides is 2. The predicted molar refractivity (Wildman–Crippen MR) is 112 cm³/mol. The molecule has 2 aliphatic rings. The van der Waals surface area contributed by atoms with Crippen molar-refractivity contribution in [2.75, 3.05) is 41.5 Å². The van der Waals surface area contributed by atoms with Gasteiger partial charge in [0.15, 0.2) is 11.5 Å². The topological polar surface area (TPSA) is 71.1 Å². The molecule has 7 heteroatoms. The number of carbonyl (C=O) groups excluding carboxylic acids is 2. The third kappa shape index (κ3) is 4.45. The summed E-state index contributed by atoms with van der Waals surface area (Å²) in [5.74, 6) is 1.04. The van der Waals surface area contributed by atoms with Crippen molar-refractivity contribution in [2.24, 2.45) is 0 Å². The van der Waals surface area contributed by atoms with Crippen LogP contribution < -0.4 is 24.6 Å². The van der Waals surface area contributed by atoms with Gasteiger partial charge in [-0.25, -0.2) is 0 Å². The van der Waals surface area contributed by atoms with E-state index in [1.807, 2.05) is 24.3 Å². The molecule has 7 nitrogen and oxygen atoms in total. The van der Waals surface area contributed by atoms with Crippen LogP contribution in [0.15, 0.2) is 42.5 Å². The van der Waals surface area contributed by atoms with E-state index in [2.05, 4.69) is 10.2 Å². The van der Waals surface area contributed by atoms with E-state index in [4.69, 9.17) is 9.47 Å². The predicted octanol–water partition coefficient (Wildman–Crippen LogP) is 3.40. The first-order valence-corrected chi connectivity index (χ1v) is 9.93. The number of nitrogens with zero attached hydrogens (tertiary/aromatic N) is 2. The van der Waals surface area contributed by atoms with Crippen molar-refractivity contribution in [2.45, 2.75) is 26.2 Å². The van der Waals surface area contributed by atoms with Gasteiger partial charge < -0.3 is 24.6 Å². The van der Waals surface area contributed by atoms with Crippen molar-refractivity contribution in [3.05, 3.63) is 42.5 Å². The van der Waals surface area contributed by atoms with E-state index in [1.165, 1.54) is 25.5 Å². The van der Waals surface area contributed by atoms with Crippen LogP contribution in [0.1, 0.15) is 26.2 Å². The average Bonchev–Trinajstić information content (AvgIpc) is 3.40. The number of hydrogen-bond acceptors (Lipinski definition) is 5. The van der Waals surface area contributed by atoms with Gasteiger partial charge in [-0.2, -0.15) is 0 Å². The largest absolute Gasteiger partial charge is 0.454 e. The van der Waals surface area contributed by atoms with Crippen LogP contribution in [0, 0.1) is 0 Å². The molecule has 0 aromatic heterocycles. The summed E-state index contributed by atoms with van der Waals surface area (Å²) in [6.07, 6.45) is 2.64. The van der Waals surface area contributed by atoms with Gasteiger partial charge in [-0.1, -0.05) is 0 Å². The quantitative estimate of drug-likeness (QED) is 0.812. The van der Waals surface area contributed by atoms with Crippen molar-refractivity contribution >= 4 is 28.9 Å². The van der Waals surface area contributed by atoms with Crippen molar-refractivity contribution in [3.8, 4) is 11.5 Å². The Hall–Kier alpha value is -3.22. The fraction of sp³-hybridized carbons (Fsp3) is 0.364. The van der Waals surface area contributed by atoms with Gasteiger partial charge in [-0.15, -0.1) is 0 Å². The maximum Gasteiger partial charge on any atom is 0.231 e. The molecule has 152 valence electrons. The summed E-state index contributed by atoms with van der Waals surface area (Å²) in [6.45, 7) is 4.18. The minimum atomic E-state index is -0.163. The Kier molecular flexibility index (Phi) is 5.55. The highest BCUT2D eigenvalue weighted by Gasteiger charge is 2.17. The number of carbonyl (C=O) groups is 2. The first-order valence-electron chi connectivity index (χ1n) is 9.93. The summed E-state index contributed by atoms with van der Waals surface area (Å²) >= 11 is 0. The summed E-state index contributed by atoms with van der Waals surface area (Å²) in [5, 5.41) is 2.84. The molecule has 1 fully saturated rings. The normalized spacial score (nSPS) is 14.7. The molecule has 2 aromatic carbocycles. The molecule has 1 N–H and O–H groups in total. The third-order valence-electron chi connectivity index (χ3n) is 5.23. The monoisotopic (exact) mass is 395 g/mol. The fourth-order valence-corrected chi connectivity index (χ4v) is 3.70. The van der Waals surface area contributed by atoms with E-state index in [9.17, 15) is 9.59 Å². The molecular formula is C22H25N3O4. The Morgan fingerprint density at radius 3 is 2.48 bits per heavy atom. The Bertz CT molecular complexity index is 891. The summed E-state index contributed by atoms with van der Waals surface area (Å²) in [5.41, 5.74) is 2.62. The van der Waals surface area contributed by atoms with Gasteiger partial charge in [0.25, 0.3) is 0 Å². The second kappa shape index (κ2) is 8.43. The summed E-state index contributed by atoms with van der Waals surface area (Å²) in [6, 6.07) is 13.3. The van der Waals surface area contributed by atoms with Crippen molar-refractivity contribution in [3.63, 3.8) is 0 Å². The highest BCUT2D eigenvalue weighted by atomic mass is 16.7. The molecule has 2 heterocycles. The van der Waals surface area contributed by atoms with E-state index >= 15 is 0 Å². The van der Waals surface area contributed by atoms with Crippen molar-refractivity contribution in [1.29, 1.82) is 0 Å². The van der Waals surface area contributed by atoms with Crippen LogP contribution in [0.5, 0.6) is 11.5 Å². The molecule has 2 aliphatic heterocycles. The molecule has 29 heavy (non-hydrogen) atoms. The minimum absolute atomic E-state index is 0.0881. The maximum absolute atomic E-state index is 12.4. The van der Waals surface area contributed by atoms with Crippen LogP contribution in [0.3, 0.4) is 0 Å². The highest BCUT2D eigenvalue weighted by molar-refractivity contribution is 5.95. The molecule has 2 aromatic rings. The smallest absolute Gasteiger partial charge is 0.231 e. The average molecular weight is 395 g/mol. The molecular weight excluding hydrogens is 370 g/mol. The van der Waals surface area contributed by atoms with Crippen LogP contribution in [0.2, 0.25) is 0 Å². The first-order chi connectivity index (χ1) is 14.1. The summed E-state index contributed by atoms with van der Waals surface area (Å²) < 4.78 is 10.6. The lowest BCUT2D eigenvalue weighted by Crippen LogP contribution is -2.32. The van der Waals surface area contributed by atoms with E-state index in [1.54, 1.807) is 23.1 Å². The van der Waals surface area contributed by atoms with Gasteiger partial charge >= 0.3 is 0 Å². The van der Waals surface area contributed by atoms with Gasteiger partial charge in [0.1, 0.15) is 0 Å². The van der Waals surface area contributed by atoms with Crippen LogP contribution in [0.25, 0.3) is 0 Å². The first kappa shape index (κ1) is 19.1. The molecule has 4 rings (SSSR count). The SMILES string of the molecule is CC(=O)N(CCC(=O)Nc1ccc2c(c1)OCO2)c1ccc(N2CCCC2)cc1. The van der Waals surface area contributed by atoms with Gasteiger partial charge in [0, 0.05) is 56.1 Å². The number of ether oxygens (including phenoxy) is 2. The van der Waals surface area contributed by atoms with E-state index in [0.717, 1.165) is 18.8 Å². The van der Waals surface area contributed by atoms with E-state index in [-0.39, 0.29) is 25.0 Å².